The first-order valence-electron chi connectivity index (χ1n) is 11.2. The van der Waals surface area contributed by atoms with Gasteiger partial charge in [0.2, 0.25) is 10.0 Å². The number of amides is 1. The van der Waals surface area contributed by atoms with Crippen molar-refractivity contribution in [2.24, 2.45) is 5.92 Å². The van der Waals surface area contributed by atoms with Crippen LogP contribution in [0.2, 0.25) is 0 Å². The molecule has 8 nitrogen and oxygen atoms in total. The summed E-state index contributed by atoms with van der Waals surface area (Å²) in [4.78, 5) is 15.2. The van der Waals surface area contributed by atoms with Gasteiger partial charge in [0.15, 0.2) is 0 Å². The molecule has 2 aliphatic rings. The quantitative estimate of drug-likeness (QED) is 0.613. The number of carbonyl (C=O) groups excluding carboxylic acids is 1. The first-order valence-corrected chi connectivity index (χ1v) is 12.7. The molecule has 178 valence electrons. The highest BCUT2D eigenvalue weighted by atomic mass is 32.2. The first-order chi connectivity index (χ1) is 16.0. The van der Waals surface area contributed by atoms with Gasteiger partial charge >= 0.3 is 0 Å². The van der Waals surface area contributed by atoms with Gasteiger partial charge in [-0.25, -0.2) is 8.42 Å². The van der Waals surface area contributed by atoms with Crippen LogP contribution in [0.15, 0.2) is 53.4 Å². The zero-order valence-electron chi connectivity index (χ0n) is 18.8. The molecule has 4 rings (SSSR count). The SMILES string of the molecule is COc1ccc(S(=O)(=O)N2CCOCC2)cc1C(=O)N1CCC(COc2ccccc2)CC1. The van der Waals surface area contributed by atoms with E-state index in [1.54, 1.807) is 11.0 Å². The molecule has 2 saturated heterocycles. The average Bonchev–Trinajstić information content (AvgIpc) is 2.88. The molecule has 2 heterocycles. The fourth-order valence-corrected chi connectivity index (χ4v) is 5.59. The lowest BCUT2D eigenvalue weighted by atomic mass is 9.97. The van der Waals surface area contributed by atoms with Crippen molar-refractivity contribution in [2.45, 2.75) is 17.7 Å². The molecule has 2 aromatic rings. The number of nitrogens with zero attached hydrogens (tertiary/aromatic N) is 2. The number of methoxy groups -OCH3 is 1. The van der Waals surface area contributed by atoms with Crippen LogP contribution in [0, 0.1) is 5.92 Å². The number of hydrogen-bond donors (Lipinski definition) is 0. The van der Waals surface area contributed by atoms with Crippen molar-refractivity contribution < 1.29 is 27.4 Å². The van der Waals surface area contributed by atoms with Gasteiger partial charge in [0, 0.05) is 26.2 Å². The fourth-order valence-electron chi connectivity index (χ4n) is 4.15. The summed E-state index contributed by atoms with van der Waals surface area (Å²) in [5.74, 6) is 1.37. The third-order valence-electron chi connectivity index (χ3n) is 6.14. The number of hydrogen-bond acceptors (Lipinski definition) is 6. The van der Waals surface area contributed by atoms with Gasteiger partial charge in [-0.1, -0.05) is 18.2 Å². The second kappa shape index (κ2) is 10.5. The van der Waals surface area contributed by atoms with E-state index in [1.807, 2.05) is 30.3 Å². The van der Waals surface area contributed by atoms with Crippen molar-refractivity contribution >= 4 is 15.9 Å². The number of carbonyl (C=O) groups is 1. The molecule has 2 aliphatic heterocycles. The molecule has 2 aromatic carbocycles. The Labute approximate surface area is 195 Å². The van der Waals surface area contributed by atoms with E-state index in [4.69, 9.17) is 14.2 Å². The summed E-state index contributed by atoms with van der Waals surface area (Å²) in [5, 5.41) is 0. The Morgan fingerprint density at radius 2 is 1.73 bits per heavy atom. The lowest BCUT2D eigenvalue weighted by Crippen LogP contribution is -2.41. The van der Waals surface area contributed by atoms with Crippen molar-refractivity contribution in [1.29, 1.82) is 0 Å². The third-order valence-corrected chi connectivity index (χ3v) is 8.03. The minimum absolute atomic E-state index is 0.0969. The van der Waals surface area contributed by atoms with E-state index < -0.39 is 10.0 Å². The molecular weight excluding hydrogens is 444 g/mol. The van der Waals surface area contributed by atoms with Crippen LogP contribution in [0.1, 0.15) is 23.2 Å². The summed E-state index contributed by atoms with van der Waals surface area (Å²) in [5.41, 5.74) is 0.269. The Morgan fingerprint density at radius 3 is 2.39 bits per heavy atom. The average molecular weight is 475 g/mol. The van der Waals surface area contributed by atoms with E-state index in [2.05, 4.69) is 0 Å². The first kappa shape index (κ1) is 23.5. The standard InChI is InChI=1S/C24H30N2O6S/c1-30-23-8-7-21(33(28,29)26-13-15-31-16-14-26)17-22(23)24(27)25-11-9-19(10-12-25)18-32-20-5-3-2-4-6-20/h2-8,17,19H,9-16,18H2,1H3. The molecule has 0 unspecified atom stereocenters. The van der Waals surface area contributed by atoms with Crippen molar-refractivity contribution in [2.75, 3.05) is 53.1 Å². The largest absolute Gasteiger partial charge is 0.496 e. The molecule has 0 bridgehead atoms. The number of ether oxygens (including phenoxy) is 3. The van der Waals surface area contributed by atoms with Crippen LogP contribution in [0.3, 0.4) is 0 Å². The second-order valence-electron chi connectivity index (χ2n) is 8.24. The Hall–Kier alpha value is -2.62. The third kappa shape index (κ3) is 5.48. The van der Waals surface area contributed by atoms with Gasteiger partial charge in [0.1, 0.15) is 11.5 Å². The molecular formula is C24H30N2O6S. The number of piperidine rings is 1. The topological polar surface area (TPSA) is 85.4 Å². The lowest BCUT2D eigenvalue weighted by Gasteiger charge is -2.32. The van der Waals surface area contributed by atoms with Crippen LogP contribution >= 0.6 is 0 Å². The van der Waals surface area contributed by atoms with Crippen LogP contribution in [0.5, 0.6) is 11.5 Å². The van der Waals surface area contributed by atoms with Gasteiger partial charge in [-0.2, -0.15) is 4.31 Å². The zero-order chi connectivity index (χ0) is 23.3. The van der Waals surface area contributed by atoms with Gasteiger partial charge in [0.25, 0.3) is 5.91 Å². The highest BCUT2D eigenvalue weighted by Gasteiger charge is 2.30. The molecule has 9 heteroatoms. The minimum Gasteiger partial charge on any atom is -0.496 e. The molecule has 0 N–H and O–H groups in total. The summed E-state index contributed by atoms with van der Waals surface area (Å²) in [6.45, 7) is 3.12. The molecule has 0 atom stereocenters. The van der Waals surface area contributed by atoms with Crippen molar-refractivity contribution in [1.82, 2.24) is 9.21 Å². The Morgan fingerprint density at radius 1 is 1.03 bits per heavy atom. The smallest absolute Gasteiger partial charge is 0.257 e. The number of benzene rings is 2. The van der Waals surface area contributed by atoms with E-state index in [1.165, 1.54) is 23.5 Å². The Kier molecular flexibility index (Phi) is 7.52. The van der Waals surface area contributed by atoms with Crippen molar-refractivity contribution in [3.05, 3.63) is 54.1 Å². The normalized spacial score (nSPS) is 18.2. The molecule has 0 aromatic heterocycles. The van der Waals surface area contributed by atoms with Crippen molar-refractivity contribution in [3.8, 4) is 11.5 Å². The van der Waals surface area contributed by atoms with Crippen LogP contribution in [0.4, 0.5) is 0 Å². The highest BCUT2D eigenvalue weighted by molar-refractivity contribution is 7.89. The van der Waals surface area contributed by atoms with Gasteiger partial charge in [-0.15, -0.1) is 0 Å². The highest BCUT2D eigenvalue weighted by Crippen LogP contribution is 2.28. The second-order valence-corrected chi connectivity index (χ2v) is 10.2. The Balaban J connectivity index is 1.42. The van der Waals surface area contributed by atoms with E-state index in [9.17, 15) is 13.2 Å². The number of para-hydroxylation sites is 1. The molecule has 0 spiro atoms. The van der Waals surface area contributed by atoms with Crippen LogP contribution in [-0.4, -0.2) is 76.6 Å². The van der Waals surface area contributed by atoms with E-state index in [-0.39, 0.29) is 16.4 Å². The zero-order valence-corrected chi connectivity index (χ0v) is 19.6. The van der Waals surface area contributed by atoms with Crippen LogP contribution in [-0.2, 0) is 14.8 Å². The maximum Gasteiger partial charge on any atom is 0.257 e. The lowest BCUT2D eigenvalue weighted by molar-refractivity contribution is 0.0657. The number of likely N-dealkylation sites (tertiary alicyclic amines) is 1. The fraction of sp³-hybridized carbons (Fsp3) is 0.458. The van der Waals surface area contributed by atoms with Crippen LogP contribution in [0.25, 0.3) is 0 Å². The monoisotopic (exact) mass is 474 g/mol. The van der Waals surface area contributed by atoms with Gasteiger partial charge in [0.05, 0.1) is 37.4 Å². The molecule has 0 radical (unpaired) electrons. The van der Waals surface area contributed by atoms with Gasteiger partial charge < -0.3 is 19.1 Å². The minimum atomic E-state index is -3.71. The predicted octanol–water partition coefficient (Wildman–Crippen LogP) is 2.65. The van der Waals surface area contributed by atoms with E-state index in [0.717, 1.165) is 18.6 Å². The number of sulfonamides is 1. The van der Waals surface area contributed by atoms with Crippen LogP contribution < -0.4 is 9.47 Å². The molecule has 33 heavy (non-hydrogen) atoms. The summed E-state index contributed by atoms with van der Waals surface area (Å²) >= 11 is 0. The van der Waals surface area contributed by atoms with E-state index >= 15 is 0 Å². The molecule has 0 saturated carbocycles. The van der Waals surface area contributed by atoms with E-state index in [0.29, 0.717) is 57.7 Å². The maximum absolute atomic E-state index is 13.3. The summed E-state index contributed by atoms with van der Waals surface area (Å²) in [6.07, 6.45) is 1.65. The molecule has 0 aliphatic carbocycles. The summed E-state index contributed by atoms with van der Waals surface area (Å²) in [6, 6.07) is 14.2. The maximum atomic E-state index is 13.3. The van der Waals surface area contributed by atoms with Crippen molar-refractivity contribution in [3.63, 3.8) is 0 Å². The summed E-state index contributed by atoms with van der Waals surface area (Å²) < 4.78 is 44.0. The van der Waals surface area contributed by atoms with Gasteiger partial charge in [-0.3, -0.25) is 4.79 Å². The predicted molar refractivity (Wildman–Crippen MR) is 123 cm³/mol. The number of rotatable bonds is 7. The van der Waals surface area contributed by atoms with Gasteiger partial charge in [-0.05, 0) is 49.1 Å². The summed E-state index contributed by atoms with van der Waals surface area (Å²) in [7, 11) is -2.22. The molecule has 1 amide bonds. The number of morpholine rings is 1. The molecule has 2 fully saturated rings. The Bertz CT molecular complexity index is 1050.